The predicted molar refractivity (Wildman–Crippen MR) is 64.7 cm³/mol. The van der Waals surface area contributed by atoms with Crippen molar-refractivity contribution in [2.24, 2.45) is 11.7 Å². The Labute approximate surface area is 98.7 Å². The molecule has 1 rings (SSSR count). The highest BCUT2D eigenvalue weighted by atomic mass is 35.5. The minimum atomic E-state index is -3.00. The minimum Gasteiger partial charge on any atom is -0.328 e. The normalized spacial score (nSPS) is 24.9. The number of sulfonamides is 1. The fourth-order valence-corrected chi connectivity index (χ4v) is 3.40. The molecule has 0 spiro atoms. The summed E-state index contributed by atoms with van der Waals surface area (Å²) in [5.74, 6) is 0.597. The Balaban J connectivity index is 0.00000196. The zero-order valence-corrected chi connectivity index (χ0v) is 11.0. The molecule has 0 aliphatic carbocycles. The van der Waals surface area contributed by atoms with Gasteiger partial charge in [0.1, 0.15) is 0 Å². The standard InChI is InChI=1S/C9H20N2O2S.ClH/c1-3-6-14(12,13)11-5-4-9(7-11)8(2)10;/h8-9H,3-7,10H2,1-2H3;1H. The van der Waals surface area contributed by atoms with E-state index in [1.165, 1.54) is 0 Å². The van der Waals surface area contributed by atoms with E-state index in [1.54, 1.807) is 4.31 Å². The van der Waals surface area contributed by atoms with Crippen LogP contribution in [0.15, 0.2) is 0 Å². The van der Waals surface area contributed by atoms with Gasteiger partial charge < -0.3 is 5.73 Å². The van der Waals surface area contributed by atoms with Crippen molar-refractivity contribution in [1.82, 2.24) is 4.31 Å². The molecule has 1 saturated heterocycles. The van der Waals surface area contributed by atoms with Gasteiger partial charge in [-0.05, 0) is 25.7 Å². The lowest BCUT2D eigenvalue weighted by molar-refractivity contribution is 0.428. The maximum Gasteiger partial charge on any atom is 0.214 e. The fourth-order valence-electron chi connectivity index (χ4n) is 1.82. The molecular weight excluding hydrogens is 236 g/mol. The molecule has 0 amide bonds. The predicted octanol–water partition coefficient (Wildman–Crippen LogP) is 0.817. The van der Waals surface area contributed by atoms with E-state index in [-0.39, 0.29) is 24.2 Å². The Morgan fingerprint density at radius 2 is 2.13 bits per heavy atom. The number of nitrogens with two attached hydrogens (primary N) is 1. The molecule has 1 fully saturated rings. The van der Waals surface area contributed by atoms with Crippen molar-refractivity contribution >= 4 is 22.4 Å². The number of nitrogens with zero attached hydrogens (tertiary/aromatic N) is 1. The Hall–Kier alpha value is 0.160. The van der Waals surface area contributed by atoms with E-state index in [4.69, 9.17) is 5.73 Å². The van der Waals surface area contributed by atoms with Gasteiger partial charge >= 0.3 is 0 Å². The van der Waals surface area contributed by atoms with E-state index in [0.717, 1.165) is 6.42 Å². The second-order valence-corrected chi connectivity index (χ2v) is 6.17. The highest BCUT2D eigenvalue weighted by molar-refractivity contribution is 7.89. The van der Waals surface area contributed by atoms with Gasteiger partial charge in [-0.1, -0.05) is 6.92 Å². The molecule has 4 nitrogen and oxygen atoms in total. The van der Waals surface area contributed by atoms with E-state index in [1.807, 2.05) is 13.8 Å². The van der Waals surface area contributed by atoms with Gasteiger partial charge in [0.05, 0.1) is 5.75 Å². The first-order valence-corrected chi connectivity index (χ1v) is 6.81. The van der Waals surface area contributed by atoms with Crippen LogP contribution >= 0.6 is 12.4 Å². The van der Waals surface area contributed by atoms with E-state index in [9.17, 15) is 8.42 Å². The van der Waals surface area contributed by atoms with Crippen LogP contribution in [0.3, 0.4) is 0 Å². The van der Waals surface area contributed by atoms with Gasteiger partial charge in [0.15, 0.2) is 0 Å². The van der Waals surface area contributed by atoms with Gasteiger partial charge in [-0.2, -0.15) is 0 Å². The molecule has 0 saturated carbocycles. The summed E-state index contributed by atoms with van der Waals surface area (Å²) in [5, 5.41) is 0. The van der Waals surface area contributed by atoms with Crippen LogP contribution in [0.5, 0.6) is 0 Å². The molecule has 0 aromatic rings. The van der Waals surface area contributed by atoms with Crippen molar-refractivity contribution in [2.45, 2.75) is 32.7 Å². The smallest absolute Gasteiger partial charge is 0.214 e. The average Bonchev–Trinajstić information content (AvgIpc) is 2.51. The van der Waals surface area contributed by atoms with Gasteiger partial charge in [0.25, 0.3) is 0 Å². The summed E-state index contributed by atoms with van der Waals surface area (Å²) >= 11 is 0. The van der Waals surface area contributed by atoms with Crippen LogP contribution in [0, 0.1) is 5.92 Å². The number of rotatable bonds is 4. The van der Waals surface area contributed by atoms with Crippen molar-refractivity contribution in [3.63, 3.8) is 0 Å². The molecular formula is C9H21ClN2O2S. The van der Waals surface area contributed by atoms with E-state index >= 15 is 0 Å². The molecule has 92 valence electrons. The maximum atomic E-state index is 11.7. The maximum absolute atomic E-state index is 11.7. The van der Waals surface area contributed by atoms with E-state index < -0.39 is 10.0 Å². The summed E-state index contributed by atoms with van der Waals surface area (Å²) in [5.41, 5.74) is 5.76. The zero-order valence-electron chi connectivity index (χ0n) is 9.35. The van der Waals surface area contributed by atoms with Crippen molar-refractivity contribution in [1.29, 1.82) is 0 Å². The third-order valence-corrected chi connectivity index (χ3v) is 4.83. The van der Waals surface area contributed by atoms with Crippen LogP contribution in [0.1, 0.15) is 26.7 Å². The van der Waals surface area contributed by atoms with Crippen molar-refractivity contribution < 1.29 is 8.42 Å². The van der Waals surface area contributed by atoms with Crippen LogP contribution < -0.4 is 5.73 Å². The number of hydrogen-bond donors (Lipinski definition) is 1. The third kappa shape index (κ3) is 3.90. The first kappa shape index (κ1) is 15.2. The van der Waals surface area contributed by atoms with Gasteiger partial charge in [-0.15, -0.1) is 12.4 Å². The summed E-state index contributed by atoms with van der Waals surface area (Å²) in [7, 11) is -3.00. The molecule has 0 aromatic heterocycles. The molecule has 6 heteroatoms. The Morgan fingerprint density at radius 1 is 1.53 bits per heavy atom. The fraction of sp³-hybridized carbons (Fsp3) is 1.00. The second kappa shape index (κ2) is 6.03. The molecule has 0 radical (unpaired) electrons. The van der Waals surface area contributed by atoms with Crippen LogP contribution in [0.2, 0.25) is 0 Å². The van der Waals surface area contributed by atoms with Gasteiger partial charge in [0, 0.05) is 19.1 Å². The lowest BCUT2D eigenvalue weighted by Crippen LogP contribution is -2.34. The molecule has 0 aromatic carbocycles. The molecule has 15 heavy (non-hydrogen) atoms. The lowest BCUT2D eigenvalue weighted by atomic mass is 10.0. The SMILES string of the molecule is CCCS(=O)(=O)N1CCC(C(C)N)C1.Cl. The Bertz CT molecular complexity index is 280. The first-order chi connectivity index (χ1) is 6.47. The van der Waals surface area contributed by atoms with Crippen LogP contribution in [-0.2, 0) is 10.0 Å². The van der Waals surface area contributed by atoms with Crippen molar-refractivity contribution in [3.8, 4) is 0 Å². The summed E-state index contributed by atoms with van der Waals surface area (Å²) in [4.78, 5) is 0. The van der Waals surface area contributed by atoms with Crippen molar-refractivity contribution in [3.05, 3.63) is 0 Å². The summed E-state index contributed by atoms with van der Waals surface area (Å²) < 4.78 is 25.0. The molecule has 2 unspecified atom stereocenters. The highest BCUT2D eigenvalue weighted by Crippen LogP contribution is 2.21. The topological polar surface area (TPSA) is 63.4 Å². The average molecular weight is 257 g/mol. The number of hydrogen-bond acceptors (Lipinski definition) is 3. The highest BCUT2D eigenvalue weighted by Gasteiger charge is 2.32. The van der Waals surface area contributed by atoms with Crippen LogP contribution in [0.25, 0.3) is 0 Å². The Kier molecular flexibility index (Phi) is 6.10. The summed E-state index contributed by atoms with van der Waals surface area (Å²) in [6, 6.07) is 0.0943. The number of halogens is 1. The third-order valence-electron chi connectivity index (χ3n) is 2.79. The van der Waals surface area contributed by atoms with Gasteiger partial charge in [-0.25, -0.2) is 12.7 Å². The lowest BCUT2D eigenvalue weighted by Gasteiger charge is -2.17. The summed E-state index contributed by atoms with van der Waals surface area (Å²) in [6.07, 6.45) is 1.59. The molecule has 1 aliphatic heterocycles. The van der Waals surface area contributed by atoms with Gasteiger partial charge in [-0.3, -0.25) is 0 Å². The molecule has 2 N–H and O–H groups in total. The molecule has 1 heterocycles. The molecule has 0 bridgehead atoms. The zero-order chi connectivity index (χ0) is 10.8. The van der Waals surface area contributed by atoms with Gasteiger partial charge in [0.2, 0.25) is 10.0 Å². The second-order valence-electron chi connectivity index (χ2n) is 4.08. The largest absolute Gasteiger partial charge is 0.328 e. The first-order valence-electron chi connectivity index (χ1n) is 5.20. The quantitative estimate of drug-likeness (QED) is 0.810. The minimum absolute atomic E-state index is 0. The van der Waals surface area contributed by atoms with Crippen LogP contribution in [-0.4, -0.2) is 37.6 Å². The monoisotopic (exact) mass is 256 g/mol. The van der Waals surface area contributed by atoms with E-state index in [2.05, 4.69) is 0 Å². The molecule has 2 atom stereocenters. The Morgan fingerprint density at radius 3 is 2.53 bits per heavy atom. The van der Waals surface area contributed by atoms with Crippen LogP contribution in [0.4, 0.5) is 0 Å². The summed E-state index contributed by atoms with van der Waals surface area (Å²) in [6.45, 7) is 5.09. The molecule has 1 aliphatic rings. The van der Waals surface area contributed by atoms with E-state index in [0.29, 0.717) is 25.4 Å². The van der Waals surface area contributed by atoms with Crippen molar-refractivity contribution in [2.75, 3.05) is 18.8 Å².